The van der Waals surface area contributed by atoms with Gasteiger partial charge in [-0.3, -0.25) is 19.2 Å². The van der Waals surface area contributed by atoms with E-state index in [2.05, 4.69) is 0 Å². The molecule has 0 amide bonds. The third-order valence-electron chi connectivity index (χ3n) is 2.51. The number of halogens is 1. The average Bonchev–Trinajstić information content (AvgIpc) is 2.44. The first-order chi connectivity index (χ1) is 7.43. The molecule has 1 aromatic carbocycles. The number of rotatable bonds is 1. The summed E-state index contributed by atoms with van der Waals surface area (Å²) < 4.78 is 2.69. The normalized spacial score (nSPS) is 10.9. The molecule has 2 aromatic rings. The van der Waals surface area contributed by atoms with Crippen molar-refractivity contribution in [3.05, 3.63) is 37.8 Å². The highest BCUT2D eigenvalue weighted by Gasteiger charge is 2.16. The summed E-state index contributed by atoms with van der Waals surface area (Å²) in [5.41, 5.74) is 0.558. The summed E-state index contributed by atoms with van der Waals surface area (Å²) in [4.78, 5) is 21.7. The highest BCUT2D eigenvalue weighted by atomic mass is 35.5. The lowest BCUT2D eigenvalue weighted by molar-refractivity contribution is -0.384. The van der Waals surface area contributed by atoms with Crippen molar-refractivity contribution in [1.82, 2.24) is 9.13 Å². The molecule has 0 saturated heterocycles. The van der Waals surface area contributed by atoms with E-state index in [4.69, 9.17) is 11.6 Å². The number of nitrogens with zero attached hydrogens (tertiary/aromatic N) is 3. The van der Waals surface area contributed by atoms with Gasteiger partial charge in [-0.15, -0.1) is 0 Å². The molecule has 6 nitrogen and oxygen atoms in total. The molecule has 0 bridgehead atoms. The molecule has 0 spiro atoms. The van der Waals surface area contributed by atoms with Crippen molar-refractivity contribution >= 4 is 28.3 Å². The molecular formula is C9H8ClN3O3. The molecule has 1 heterocycles. The smallest absolute Gasteiger partial charge is 0.295 e. The van der Waals surface area contributed by atoms with Gasteiger partial charge in [0.15, 0.2) is 0 Å². The second-order valence-electron chi connectivity index (χ2n) is 3.45. The number of imidazole rings is 1. The summed E-state index contributed by atoms with van der Waals surface area (Å²) in [6, 6.07) is 2.58. The van der Waals surface area contributed by atoms with Gasteiger partial charge >= 0.3 is 5.69 Å². The Kier molecular flexibility index (Phi) is 2.23. The van der Waals surface area contributed by atoms with Gasteiger partial charge in [-0.2, -0.15) is 0 Å². The predicted octanol–water partition coefficient (Wildman–Crippen LogP) is 1.44. The Hall–Kier alpha value is -1.82. The zero-order valence-corrected chi connectivity index (χ0v) is 9.35. The van der Waals surface area contributed by atoms with Crippen LogP contribution in [0.15, 0.2) is 16.9 Å². The first kappa shape index (κ1) is 10.7. The molecule has 0 aliphatic heterocycles. The van der Waals surface area contributed by atoms with Crippen molar-refractivity contribution in [2.24, 2.45) is 14.1 Å². The summed E-state index contributed by atoms with van der Waals surface area (Å²) in [5.74, 6) is 0. The Morgan fingerprint density at radius 1 is 1.31 bits per heavy atom. The minimum absolute atomic E-state index is 0.126. The maximum atomic E-state index is 11.6. The Morgan fingerprint density at radius 3 is 2.50 bits per heavy atom. The number of nitro benzene ring substituents is 1. The van der Waals surface area contributed by atoms with E-state index >= 15 is 0 Å². The van der Waals surface area contributed by atoms with Gasteiger partial charge in [0.05, 0.1) is 21.0 Å². The van der Waals surface area contributed by atoms with Crippen molar-refractivity contribution in [2.75, 3.05) is 0 Å². The van der Waals surface area contributed by atoms with Crippen LogP contribution >= 0.6 is 11.6 Å². The SMILES string of the molecule is Cn1c(=O)n(C)c2c(Cl)cc([N+](=O)[O-])cc21. The Balaban J connectivity index is 2.99. The lowest BCUT2D eigenvalue weighted by Gasteiger charge is -1.98. The number of aromatic nitrogens is 2. The molecule has 0 N–H and O–H groups in total. The first-order valence-electron chi connectivity index (χ1n) is 4.43. The van der Waals surface area contributed by atoms with E-state index in [0.29, 0.717) is 11.0 Å². The molecule has 0 aliphatic carbocycles. The molecule has 0 saturated carbocycles. The van der Waals surface area contributed by atoms with E-state index in [-0.39, 0.29) is 16.4 Å². The van der Waals surface area contributed by atoms with Crippen LogP contribution in [0.4, 0.5) is 5.69 Å². The van der Waals surface area contributed by atoms with E-state index in [1.54, 1.807) is 14.1 Å². The van der Waals surface area contributed by atoms with Crippen LogP contribution < -0.4 is 5.69 Å². The van der Waals surface area contributed by atoms with Gasteiger partial charge in [0.2, 0.25) is 0 Å². The largest absolute Gasteiger partial charge is 0.328 e. The third-order valence-corrected chi connectivity index (χ3v) is 2.80. The maximum Gasteiger partial charge on any atom is 0.328 e. The Bertz CT molecular complexity index is 656. The fourth-order valence-electron chi connectivity index (χ4n) is 1.69. The third kappa shape index (κ3) is 1.30. The van der Waals surface area contributed by atoms with Gasteiger partial charge < -0.3 is 0 Å². The minimum Gasteiger partial charge on any atom is -0.295 e. The molecule has 84 valence electrons. The summed E-state index contributed by atoms with van der Waals surface area (Å²) in [5, 5.41) is 10.9. The number of hydrogen-bond donors (Lipinski definition) is 0. The summed E-state index contributed by atoms with van der Waals surface area (Å²) in [7, 11) is 3.12. The quantitative estimate of drug-likeness (QED) is 0.560. The predicted molar refractivity (Wildman–Crippen MR) is 59.8 cm³/mol. The van der Waals surface area contributed by atoms with Crippen LogP contribution in [-0.2, 0) is 14.1 Å². The van der Waals surface area contributed by atoms with Gasteiger partial charge in [-0.25, -0.2) is 4.79 Å². The van der Waals surface area contributed by atoms with Crippen LogP contribution in [0, 0.1) is 10.1 Å². The van der Waals surface area contributed by atoms with Crippen molar-refractivity contribution in [3.63, 3.8) is 0 Å². The molecule has 1 aromatic heterocycles. The van der Waals surface area contributed by atoms with Crippen LogP contribution in [0.1, 0.15) is 0 Å². The van der Waals surface area contributed by atoms with Crippen molar-refractivity contribution in [2.45, 2.75) is 0 Å². The molecule has 0 radical (unpaired) electrons. The van der Waals surface area contributed by atoms with Crippen LogP contribution in [0.5, 0.6) is 0 Å². The van der Waals surface area contributed by atoms with E-state index < -0.39 is 4.92 Å². The maximum absolute atomic E-state index is 11.6. The Labute approximate surface area is 94.8 Å². The molecule has 0 unspecified atom stereocenters. The van der Waals surface area contributed by atoms with E-state index in [9.17, 15) is 14.9 Å². The van der Waals surface area contributed by atoms with Gasteiger partial charge in [0, 0.05) is 26.2 Å². The zero-order chi connectivity index (χ0) is 12.0. The lowest BCUT2D eigenvalue weighted by Crippen LogP contribution is -2.19. The number of hydrogen-bond acceptors (Lipinski definition) is 3. The average molecular weight is 242 g/mol. The summed E-state index contributed by atoms with van der Waals surface area (Å²) in [6.45, 7) is 0. The second kappa shape index (κ2) is 3.34. The molecule has 16 heavy (non-hydrogen) atoms. The van der Waals surface area contributed by atoms with Crippen LogP contribution in [-0.4, -0.2) is 14.1 Å². The number of fused-ring (bicyclic) bond motifs is 1. The lowest BCUT2D eigenvalue weighted by atomic mass is 10.2. The Morgan fingerprint density at radius 2 is 1.94 bits per heavy atom. The fraction of sp³-hybridized carbons (Fsp3) is 0.222. The van der Waals surface area contributed by atoms with Crippen LogP contribution in [0.3, 0.4) is 0 Å². The van der Waals surface area contributed by atoms with E-state index in [1.807, 2.05) is 0 Å². The monoisotopic (exact) mass is 241 g/mol. The molecule has 7 heteroatoms. The van der Waals surface area contributed by atoms with Crippen molar-refractivity contribution < 1.29 is 4.92 Å². The highest BCUT2D eigenvalue weighted by Crippen LogP contribution is 2.27. The standard InChI is InChI=1S/C9H8ClN3O3/c1-11-7-4-5(13(15)16)3-6(10)8(7)12(2)9(11)14/h3-4H,1-2H3. The van der Waals surface area contributed by atoms with Gasteiger partial charge in [-0.1, -0.05) is 11.6 Å². The molecule has 0 fully saturated rings. The number of benzene rings is 1. The van der Waals surface area contributed by atoms with E-state index in [0.717, 1.165) is 0 Å². The van der Waals surface area contributed by atoms with Gasteiger partial charge in [0.25, 0.3) is 5.69 Å². The molecule has 2 rings (SSSR count). The summed E-state index contributed by atoms with van der Waals surface area (Å²) in [6.07, 6.45) is 0. The topological polar surface area (TPSA) is 70.1 Å². The number of nitro groups is 1. The molecule has 0 atom stereocenters. The van der Waals surface area contributed by atoms with Crippen molar-refractivity contribution in [1.29, 1.82) is 0 Å². The molecule has 0 aliphatic rings. The van der Waals surface area contributed by atoms with Crippen molar-refractivity contribution in [3.8, 4) is 0 Å². The first-order valence-corrected chi connectivity index (χ1v) is 4.80. The minimum atomic E-state index is -0.539. The number of aryl methyl sites for hydroxylation is 2. The number of non-ortho nitro benzene ring substituents is 1. The van der Waals surface area contributed by atoms with Gasteiger partial charge in [0.1, 0.15) is 0 Å². The zero-order valence-electron chi connectivity index (χ0n) is 8.60. The van der Waals surface area contributed by atoms with Gasteiger partial charge in [-0.05, 0) is 0 Å². The summed E-state index contributed by atoms with van der Waals surface area (Å²) >= 11 is 5.92. The fourth-order valence-corrected chi connectivity index (χ4v) is 2.02. The van der Waals surface area contributed by atoms with E-state index in [1.165, 1.54) is 21.3 Å². The van der Waals surface area contributed by atoms with Crippen LogP contribution in [0.2, 0.25) is 5.02 Å². The molecular weight excluding hydrogens is 234 g/mol. The van der Waals surface area contributed by atoms with Crippen LogP contribution in [0.25, 0.3) is 11.0 Å². The highest BCUT2D eigenvalue weighted by molar-refractivity contribution is 6.35. The second-order valence-corrected chi connectivity index (χ2v) is 3.86.